The van der Waals surface area contributed by atoms with Gasteiger partial charge in [-0.25, -0.2) is 0 Å². The normalized spacial score (nSPS) is 13.3. The molecule has 2 radical (unpaired) electrons. The maximum Gasteiger partial charge on any atom is 3.00 e. The van der Waals surface area contributed by atoms with Crippen LogP contribution in [0.15, 0.2) is 0 Å². The zero-order chi connectivity index (χ0) is 86.1. The Bertz CT molecular complexity index is 1610. The Morgan fingerprint density at radius 2 is 0.216 bits per heavy atom. The summed E-state index contributed by atoms with van der Waals surface area (Å²) in [6.45, 7) is 26.4. The van der Waals surface area contributed by atoms with Gasteiger partial charge >= 0.3 is 131 Å². The molecule has 0 rings (SSSR count). The quantitative estimate of drug-likeness (QED) is 0.0403. The van der Waals surface area contributed by atoms with Crippen LogP contribution in [-0.4, -0.2) is 36.6 Å². The molecule has 0 N–H and O–H groups in total. The molecule has 0 saturated carbocycles. The van der Waals surface area contributed by atoms with Crippen LogP contribution in [0.3, 0.4) is 0 Å². The van der Waals surface area contributed by atoms with Gasteiger partial charge in [0.2, 0.25) is 0 Å². The van der Waals surface area contributed by atoms with Crippen molar-refractivity contribution in [2.75, 3.05) is 0 Å². The number of unbranched alkanes of at least 4 members (excludes halogenated alkanes) is 48. The Morgan fingerprint density at radius 3 is 0.293 bits per heavy atom. The largest absolute Gasteiger partial charge is 3.00 e. The first-order valence-electron chi connectivity index (χ1n) is 48.1. The van der Waals surface area contributed by atoms with E-state index in [2.05, 4.69) is 83.1 Å². The molecule has 0 heterocycles. The van der Waals surface area contributed by atoms with Crippen LogP contribution in [0.1, 0.15) is 545 Å². The van der Waals surface area contributed by atoms with Crippen LogP contribution >= 0.6 is 49.5 Å². The van der Waals surface area contributed by atoms with Crippen LogP contribution < -0.4 is 29.4 Å². The molecule has 0 spiro atoms. The molecule has 686 valence electrons. The van der Waals surface area contributed by atoms with E-state index in [9.17, 15) is 56.8 Å². The van der Waals surface area contributed by atoms with Gasteiger partial charge in [-0.3, -0.25) is 0 Å². The molecule has 0 aliphatic rings. The van der Waals surface area contributed by atoms with Gasteiger partial charge in [0.25, 0.3) is 0 Å². The van der Waals surface area contributed by atoms with Gasteiger partial charge in [-0.15, -0.1) is 27.1 Å². The topological polar surface area (TPSA) is 296 Å². The van der Waals surface area contributed by atoms with Crippen LogP contribution in [-0.2, 0) is 54.5 Å². The molecule has 26 heteroatoms. The Hall–Kier alpha value is 2.82. The first-order valence-corrected chi connectivity index (χ1v) is 54.7. The first kappa shape index (κ1) is 134. The molecule has 0 bridgehead atoms. The van der Waals surface area contributed by atoms with Crippen LogP contribution in [0.2, 0.25) is 0 Å². The summed E-state index contributed by atoms with van der Waals surface area (Å²) in [5.74, 6) is 0. The van der Waals surface area contributed by atoms with Crippen molar-refractivity contribution in [2.24, 2.45) is 0 Å². The second-order valence-corrected chi connectivity index (χ2v) is 36.1. The summed E-state index contributed by atoms with van der Waals surface area (Å²) in [6.07, 6.45) is 82.9. The molecular formula is C90H186Nd2O18P6+6. The van der Waals surface area contributed by atoms with E-state index in [1.165, 1.54) is 308 Å². The summed E-state index contributed by atoms with van der Waals surface area (Å²) in [4.78, 5) is 64.1. The standard InChI is InChI=1S/6C15H31O3P.2Nd/c6*1-3-5-7-9-10-12-14-15(18-19(16)17)13-11-8-6-4-2;;/h6*15H,3-14H2,1-2H3;;/q;;;;;;2*+3. The summed E-state index contributed by atoms with van der Waals surface area (Å²) in [7, 11) is -16.2. The van der Waals surface area contributed by atoms with Gasteiger partial charge in [-0.05, 0) is 104 Å². The average molecular weight is 2030 g/mol. The summed E-state index contributed by atoms with van der Waals surface area (Å²) in [5.41, 5.74) is 0. The van der Waals surface area contributed by atoms with E-state index in [0.717, 1.165) is 154 Å². The fourth-order valence-corrected chi connectivity index (χ4v) is 16.7. The predicted octanol–water partition coefficient (Wildman–Crippen LogP) is 30.7. The van der Waals surface area contributed by atoms with E-state index >= 15 is 0 Å². The fourth-order valence-electron chi connectivity index (χ4n) is 13.9. The molecule has 0 aromatic carbocycles. The maximum atomic E-state index is 10.7. The van der Waals surface area contributed by atoms with Crippen molar-refractivity contribution >= 4 is 49.5 Å². The molecule has 12 atom stereocenters. The van der Waals surface area contributed by atoms with E-state index in [4.69, 9.17) is 27.1 Å². The Kier molecular flexibility index (Phi) is 136. The van der Waals surface area contributed by atoms with E-state index in [1.807, 2.05) is 0 Å². The molecule has 0 aliphatic carbocycles. The molecular weight excluding hydrogens is 1840 g/mol. The summed E-state index contributed by atoms with van der Waals surface area (Å²) >= 11 is 0. The van der Waals surface area contributed by atoms with Crippen molar-refractivity contribution in [3.8, 4) is 0 Å². The summed E-state index contributed by atoms with van der Waals surface area (Å²) < 4.78 is 94.2. The molecule has 0 saturated heterocycles. The Morgan fingerprint density at radius 1 is 0.147 bits per heavy atom. The monoisotopic (exact) mass is 2030 g/mol. The van der Waals surface area contributed by atoms with Crippen LogP contribution in [0.5, 0.6) is 0 Å². The zero-order valence-electron chi connectivity index (χ0n) is 77.4. The van der Waals surface area contributed by atoms with E-state index in [1.54, 1.807) is 0 Å². The minimum atomic E-state index is -2.69. The van der Waals surface area contributed by atoms with Gasteiger partial charge < -0.3 is 29.4 Å². The van der Waals surface area contributed by atoms with Crippen molar-refractivity contribution < 1.29 is 166 Å². The van der Waals surface area contributed by atoms with Gasteiger partial charge in [0.05, 0.1) is 0 Å². The van der Waals surface area contributed by atoms with E-state index in [0.29, 0.717) is 0 Å². The minimum absolute atomic E-state index is 0. The molecule has 0 amide bonds. The van der Waals surface area contributed by atoms with Crippen LogP contribution in [0.4, 0.5) is 0 Å². The smallest absolute Gasteiger partial charge is 0.566 e. The molecule has 0 aliphatic heterocycles. The molecule has 0 aromatic heterocycles. The number of rotatable bonds is 84. The molecule has 18 nitrogen and oxygen atoms in total. The molecule has 0 fully saturated rings. The second kappa shape index (κ2) is 118. The van der Waals surface area contributed by atoms with Crippen molar-refractivity contribution in [1.29, 1.82) is 0 Å². The zero-order valence-corrected chi connectivity index (χ0v) is 89.2. The van der Waals surface area contributed by atoms with Crippen molar-refractivity contribution in [3.05, 3.63) is 0 Å². The molecule has 116 heavy (non-hydrogen) atoms. The molecule has 0 aromatic rings. The van der Waals surface area contributed by atoms with E-state index < -0.39 is 49.5 Å². The summed E-state index contributed by atoms with van der Waals surface area (Å²) in [6, 6.07) is 0. The van der Waals surface area contributed by atoms with Crippen LogP contribution in [0, 0.1) is 81.7 Å². The number of hydrogen-bond donors (Lipinski definition) is 0. The minimum Gasteiger partial charge on any atom is -0.566 e. The molecule has 12 unspecified atom stereocenters. The third-order valence-corrected chi connectivity index (χ3v) is 23.8. The van der Waals surface area contributed by atoms with Gasteiger partial charge in [-0.1, -0.05) is 468 Å². The second-order valence-electron chi connectivity index (χ2n) is 32.1. The van der Waals surface area contributed by atoms with Gasteiger partial charge in [-0.2, -0.15) is 0 Å². The SMILES string of the molecule is CCCCCCCCC(CCCCCC)O[P+](=O)[O-].CCCCCCCCC(CCCCCC)O[P+](=O)[O-].CCCCCCCCC(CCCCCC)O[P+](=O)[O-].CCCCCCCCC(CCCCCC)O[P+](=O)[O-].CCCCCCCCC(CCCCCC)O[P+](=O)[O-].CCCCCCCCC(CCCCCC)O[P+](=O)[O-].[Nd+3].[Nd+3]. The van der Waals surface area contributed by atoms with Crippen molar-refractivity contribution in [2.45, 2.75) is 582 Å². The third kappa shape index (κ3) is 128. The van der Waals surface area contributed by atoms with Gasteiger partial charge in [0.1, 0.15) is 36.6 Å². The first-order chi connectivity index (χ1) is 55.2. The van der Waals surface area contributed by atoms with Crippen molar-refractivity contribution in [3.63, 3.8) is 0 Å². The Balaban J connectivity index is -0.000000200. The maximum absolute atomic E-state index is 10.7. The average Bonchev–Trinajstić information content (AvgIpc) is 1.02. The number of hydrogen-bond acceptors (Lipinski definition) is 18. The fraction of sp³-hybridized carbons (Fsp3) is 1.00. The predicted molar refractivity (Wildman–Crippen MR) is 475 cm³/mol. The van der Waals surface area contributed by atoms with Crippen LogP contribution in [0.25, 0.3) is 0 Å². The van der Waals surface area contributed by atoms with Gasteiger partial charge in [0.15, 0.2) is 0 Å². The van der Waals surface area contributed by atoms with E-state index in [-0.39, 0.29) is 118 Å². The van der Waals surface area contributed by atoms with Crippen molar-refractivity contribution in [1.82, 2.24) is 0 Å². The van der Waals surface area contributed by atoms with Gasteiger partial charge in [0, 0.05) is 0 Å². The summed E-state index contributed by atoms with van der Waals surface area (Å²) in [5, 5.41) is 0. The third-order valence-electron chi connectivity index (χ3n) is 21.0. The Labute approximate surface area is 789 Å².